The lowest BCUT2D eigenvalue weighted by Crippen LogP contribution is -2.56. The highest BCUT2D eigenvalue weighted by Gasteiger charge is 2.34. The minimum absolute atomic E-state index is 0.0617. The summed E-state index contributed by atoms with van der Waals surface area (Å²) in [7, 11) is 0. The molecule has 4 aromatic heterocycles. The van der Waals surface area contributed by atoms with Gasteiger partial charge in [0.15, 0.2) is 6.35 Å². The lowest BCUT2D eigenvalue weighted by Gasteiger charge is -2.40. The van der Waals surface area contributed by atoms with Gasteiger partial charge < -0.3 is 46.0 Å². The van der Waals surface area contributed by atoms with Crippen molar-refractivity contribution < 1.29 is 35.7 Å². The Morgan fingerprint density at radius 3 is 2.36 bits per heavy atom. The molecule has 4 aromatic rings. The van der Waals surface area contributed by atoms with Gasteiger partial charge in [-0.05, 0) is 32.6 Å². The Balaban J connectivity index is 1.31. The summed E-state index contributed by atoms with van der Waals surface area (Å²) < 4.78 is 1.76. The number of nitrogens with one attached hydrogen (secondary N) is 3. The van der Waals surface area contributed by atoms with Crippen molar-refractivity contribution in [3.8, 4) is 22.6 Å². The van der Waals surface area contributed by atoms with Crippen molar-refractivity contribution >= 4 is 23.4 Å². The topological polar surface area (TPSA) is 267 Å². The van der Waals surface area contributed by atoms with E-state index < -0.39 is 30.4 Å². The van der Waals surface area contributed by atoms with Gasteiger partial charge in [-0.2, -0.15) is 10.2 Å². The third-order valence-electron chi connectivity index (χ3n) is 7.34. The van der Waals surface area contributed by atoms with E-state index in [0.717, 1.165) is 11.8 Å². The summed E-state index contributed by atoms with van der Waals surface area (Å²) in [5, 5.41) is 85.0. The fourth-order valence-corrected chi connectivity index (χ4v) is 5.30. The van der Waals surface area contributed by atoms with Gasteiger partial charge in [0.05, 0.1) is 47.6 Å². The minimum Gasteiger partial charge on any atom is -0.361 e. The first-order valence-corrected chi connectivity index (χ1v) is 14.4. The lowest BCUT2D eigenvalue weighted by atomic mass is 9.90. The molecule has 1 fully saturated rings. The summed E-state index contributed by atoms with van der Waals surface area (Å²) in [6.45, 7) is 1.92. The molecule has 242 valence electrons. The molecule has 1 atom stereocenters. The zero-order valence-electron chi connectivity index (χ0n) is 24.0. The molecule has 0 radical (unpaired) electrons. The number of aryl methyl sites for hydroxylation is 1. The van der Waals surface area contributed by atoms with Gasteiger partial charge in [-0.25, -0.2) is 15.0 Å². The summed E-state index contributed by atoms with van der Waals surface area (Å²) in [6.07, 6.45) is 9.72. The minimum atomic E-state index is -3.22. The van der Waals surface area contributed by atoms with Gasteiger partial charge in [0.1, 0.15) is 17.2 Å². The number of aliphatic hydroxyl groups is 7. The van der Waals surface area contributed by atoms with Crippen LogP contribution in [0.25, 0.3) is 22.6 Å². The van der Waals surface area contributed by atoms with E-state index in [1.54, 1.807) is 22.0 Å². The Morgan fingerprint density at radius 2 is 1.78 bits per heavy atom. The average Bonchev–Trinajstić information content (AvgIpc) is 3.66. The average molecular weight is 648 g/mol. The normalized spacial score (nSPS) is 18.2. The fourth-order valence-electron chi connectivity index (χ4n) is 5.12. The molecular formula is C26H34ClN11O7. The highest BCUT2D eigenvalue weighted by molar-refractivity contribution is 6.32. The number of hydrogen-bond donors (Lipinski definition) is 10. The molecular weight excluding hydrogens is 614 g/mol. The van der Waals surface area contributed by atoms with Crippen molar-refractivity contribution in [3.05, 3.63) is 47.8 Å². The molecule has 5 rings (SSSR count). The van der Waals surface area contributed by atoms with Crippen molar-refractivity contribution in [2.75, 3.05) is 16.8 Å². The molecule has 1 aliphatic carbocycles. The second-order valence-electron chi connectivity index (χ2n) is 10.6. The van der Waals surface area contributed by atoms with Gasteiger partial charge >= 0.3 is 5.97 Å². The van der Waals surface area contributed by atoms with Gasteiger partial charge in [-0.3, -0.25) is 20.1 Å². The molecule has 0 bridgehead atoms. The summed E-state index contributed by atoms with van der Waals surface area (Å²) in [6, 6.07) is -0.407. The van der Waals surface area contributed by atoms with E-state index in [1.165, 1.54) is 12.4 Å². The van der Waals surface area contributed by atoms with E-state index in [9.17, 15) is 35.7 Å². The Hall–Kier alpha value is -3.85. The second kappa shape index (κ2) is 13.3. The summed E-state index contributed by atoms with van der Waals surface area (Å²) in [5.41, 5.74) is 1.05. The van der Waals surface area contributed by atoms with Crippen LogP contribution in [0.2, 0.25) is 5.02 Å². The quantitative estimate of drug-likeness (QED) is 0.0827. The standard InChI is InChI=1S/C26H34ClN11O7/c1-2-37-12-14(7-33-37)19-10-29-20(11-28-19)38(24(39)31-13-25(40,41)42)16-5-3-15(4-6-16)34-23-30-8-17(26(43,44)45)21(35-23)22-18(27)9-32-36-22/h7-12,15-16,24,31,39-45H,2-6,13H2,1H3,(H,32,36)(H,30,34,35). The SMILES string of the molecule is CCn1cc(-c2cnc(N(C3CCC(Nc4ncc(C(O)(O)O)c(-c5[nH]ncc5Cl)n4)CC3)C(O)NCC(O)(O)O)cn2)cn1. The van der Waals surface area contributed by atoms with Crippen LogP contribution in [0.3, 0.4) is 0 Å². The molecule has 0 aliphatic heterocycles. The van der Waals surface area contributed by atoms with Crippen LogP contribution in [0.15, 0.2) is 37.2 Å². The molecule has 1 saturated carbocycles. The molecule has 0 saturated heterocycles. The Labute approximate surface area is 261 Å². The number of aromatic nitrogens is 8. The van der Waals surface area contributed by atoms with E-state index in [-0.39, 0.29) is 34.4 Å². The molecule has 45 heavy (non-hydrogen) atoms. The molecule has 0 amide bonds. The van der Waals surface area contributed by atoms with Gasteiger partial charge in [-0.15, -0.1) is 0 Å². The third-order valence-corrected chi connectivity index (χ3v) is 7.63. The van der Waals surface area contributed by atoms with Gasteiger partial charge in [0.25, 0.3) is 5.97 Å². The van der Waals surface area contributed by atoms with Gasteiger partial charge in [0.2, 0.25) is 5.95 Å². The van der Waals surface area contributed by atoms with Crippen molar-refractivity contribution in [3.63, 3.8) is 0 Å². The highest BCUT2D eigenvalue weighted by Crippen LogP contribution is 2.33. The van der Waals surface area contributed by atoms with Crippen molar-refractivity contribution in [2.24, 2.45) is 0 Å². The molecule has 19 heteroatoms. The Kier molecular flexibility index (Phi) is 9.58. The number of H-pyrrole nitrogens is 1. The molecule has 4 heterocycles. The first kappa shape index (κ1) is 32.5. The van der Waals surface area contributed by atoms with Crippen LogP contribution in [0.1, 0.15) is 38.2 Å². The maximum absolute atomic E-state index is 11.0. The molecule has 0 aromatic carbocycles. The lowest BCUT2D eigenvalue weighted by molar-refractivity contribution is -0.323. The highest BCUT2D eigenvalue weighted by atomic mass is 35.5. The van der Waals surface area contributed by atoms with E-state index in [2.05, 4.69) is 45.9 Å². The first-order chi connectivity index (χ1) is 21.3. The van der Waals surface area contributed by atoms with Crippen LogP contribution in [-0.2, 0) is 12.5 Å². The van der Waals surface area contributed by atoms with Crippen LogP contribution in [0.5, 0.6) is 0 Å². The second-order valence-corrected chi connectivity index (χ2v) is 11.0. The maximum Gasteiger partial charge on any atom is 0.308 e. The number of nitrogens with zero attached hydrogens (tertiary/aromatic N) is 8. The fraction of sp³-hybridized carbons (Fsp3) is 0.462. The van der Waals surface area contributed by atoms with Crippen molar-refractivity contribution in [1.29, 1.82) is 0 Å². The maximum atomic E-state index is 11.0. The van der Waals surface area contributed by atoms with Gasteiger partial charge in [0, 0.05) is 36.6 Å². The number of rotatable bonds is 12. The number of hydrogen-bond acceptors (Lipinski definition) is 16. The Morgan fingerprint density at radius 1 is 1.02 bits per heavy atom. The Bertz CT molecular complexity index is 1560. The van der Waals surface area contributed by atoms with Crippen LogP contribution in [-0.4, -0.2) is 107 Å². The molecule has 10 N–H and O–H groups in total. The number of aliphatic hydroxyl groups excluding tert-OH is 1. The molecule has 18 nitrogen and oxygen atoms in total. The van der Waals surface area contributed by atoms with Gasteiger partial charge in [-0.1, -0.05) is 11.6 Å². The van der Waals surface area contributed by atoms with Crippen LogP contribution >= 0.6 is 11.6 Å². The summed E-state index contributed by atoms with van der Waals surface area (Å²) in [4.78, 5) is 19.0. The first-order valence-electron chi connectivity index (χ1n) is 14.0. The summed E-state index contributed by atoms with van der Waals surface area (Å²) >= 11 is 6.15. The van der Waals surface area contributed by atoms with E-state index in [1.807, 2.05) is 13.1 Å². The van der Waals surface area contributed by atoms with E-state index in [0.29, 0.717) is 43.7 Å². The van der Waals surface area contributed by atoms with Crippen LogP contribution < -0.4 is 15.5 Å². The molecule has 1 aliphatic rings. The number of anilines is 2. The predicted octanol–water partition coefficient (Wildman–Crippen LogP) is -0.993. The van der Waals surface area contributed by atoms with E-state index >= 15 is 0 Å². The number of aromatic amines is 1. The summed E-state index contributed by atoms with van der Waals surface area (Å²) in [5.74, 6) is -5.81. The van der Waals surface area contributed by atoms with Crippen molar-refractivity contribution in [2.45, 2.75) is 69.5 Å². The number of halogens is 1. The molecule has 0 spiro atoms. The third kappa shape index (κ3) is 7.87. The monoisotopic (exact) mass is 647 g/mol. The largest absolute Gasteiger partial charge is 0.361 e. The zero-order chi connectivity index (χ0) is 32.4. The van der Waals surface area contributed by atoms with E-state index in [4.69, 9.17) is 11.6 Å². The van der Waals surface area contributed by atoms with Crippen LogP contribution in [0, 0.1) is 0 Å². The smallest absolute Gasteiger partial charge is 0.308 e. The molecule has 1 unspecified atom stereocenters. The van der Waals surface area contributed by atoms with Crippen molar-refractivity contribution in [1.82, 2.24) is 45.2 Å². The van der Waals surface area contributed by atoms with Crippen LogP contribution in [0.4, 0.5) is 11.8 Å². The predicted molar refractivity (Wildman–Crippen MR) is 157 cm³/mol. The zero-order valence-corrected chi connectivity index (χ0v) is 24.8.